The number of benzene rings is 1. The number of nitrogens with one attached hydrogen (secondary N) is 1. The van der Waals surface area contributed by atoms with Crippen LogP contribution in [0.2, 0.25) is 5.02 Å². The Kier molecular flexibility index (Phi) is 4.90. The maximum absolute atomic E-state index is 6.27. The van der Waals surface area contributed by atoms with Gasteiger partial charge in [0.15, 0.2) is 0 Å². The quantitative estimate of drug-likeness (QED) is 0.883. The molecular weight excluding hydrogens is 272 g/mol. The summed E-state index contributed by atoms with van der Waals surface area (Å²) in [6.45, 7) is 3.90. The molecule has 5 heteroatoms. The summed E-state index contributed by atoms with van der Waals surface area (Å²) in [5, 5.41) is 4.20. The van der Waals surface area contributed by atoms with E-state index in [9.17, 15) is 0 Å². The van der Waals surface area contributed by atoms with Crippen LogP contribution in [0, 0.1) is 0 Å². The minimum atomic E-state index is 0.737. The summed E-state index contributed by atoms with van der Waals surface area (Å²) in [5.41, 5.74) is 3.22. The fourth-order valence-corrected chi connectivity index (χ4v) is 2.58. The van der Waals surface area contributed by atoms with Crippen molar-refractivity contribution in [2.24, 2.45) is 0 Å². The van der Waals surface area contributed by atoms with E-state index in [2.05, 4.69) is 21.8 Å². The molecule has 2 aromatic rings. The number of anilines is 2. The van der Waals surface area contributed by atoms with Crippen molar-refractivity contribution in [1.29, 1.82) is 0 Å². The van der Waals surface area contributed by atoms with Crippen LogP contribution in [0.3, 0.4) is 0 Å². The largest absolute Gasteiger partial charge is 0.378 e. The van der Waals surface area contributed by atoms with E-state index in [1.807, 2.05) is 49.7 Å². The number of nitrogens with zero attached hydrogens (tertiary/aromatic N) is 3. The number of hydrogen-bond acceptors (Lipinski definition) is 3. The van der Waals surface area contributed by atoms with Gasteiger partial charge in [-0.3, -0.25) is 0 Å². The first kappa shape index (κ1) is 14.7. The predicted molar refractivity (Wildman–Crippen MR) is 85.6 cm³/mol. The Morgan fingerprint density at radius 2 is 2.15 bits per heavy atom. The van der Waals surface area contributed by atoms with Gasteiger partial charge in [-0.2, -0.15) is 0 Å². The van der Waals surface area contributed by atoms with Crippen LogP contribution in [0.4, 0.5) is 11.4 Å². The van der Waals surface area contributed by atoms with Gasteiger partial charge in [0.2, 0.25) is 0 Å². The Morgan fingerprint density at radius 3 is 2.85 bits per heavy atom. The number of para-hydroxylation sites is 1. The molecule has 0 aliphatic heterocycles. The molecular formula is C15H21ClN4. The summed E-state index contributed by atoms with van der Waals surface area (Å²) in [7, 11) is 3.99. The first-order valence-electron chi connectivity index (χ1n) is 6.82. The summed E-state index contributed by atoms with van der Waals surface area (Å²) in [4.78, 5) is 6.24. The van der Waals surface area contributed by atoms with E-state index in [-0.39, 0.29) is 0 Å². The molecule has 4 nitrogen and oxygen atoms in total. The maximum atomic E-state index is 6.27. The number of rotatable bonds is 6. The Hall–Kier alpha value is -1.68. The van der Waals surface area contributed by atoms with Crippen LogP contribution >= 0.6 is 11.6 Å². The highest BCUT2D eigenvalue weighted by Crippen LogP contribution is 2.32. The number of aromatic nitrogens is 2. The topological polar surface area (TPSA) is 33.1 Å². The zero-order valence-corrected chi connectivity index (χ0v) is 13.0. The van der Waals surface area contributed by atoms with E-state index in [1.54, 1.807) is 0 Å². The Bertz CT molecular complexity index is 563. The molecule has 0 radical (unpaired) electrons. The lowest BCUT2D eigenvalue weighted by Crippen LogP contribution is -2.13. The lowest BCUT2D eigenvalue weighted by molar-refractivity contribution is 0.651. The summed E-state index contributed by atoms with van der Waals surface area (Å²) in [6, 6.07) is 5.91. The molecule has 0 aliphatic carbocycles. The second-order valence-corrected chi connectivity index (χ2v) is 5.37. The molecule has 0 fully saturated rings. The maximum Gasteiger partial charge on any atom is 0.0948 e. The fourth-order valence-electron chi connectivity index (χ4n) is 2.24. The van der Waals surface area contributed by atoms with Gasteiger partial charge in [-0.25, -0.2) is 4.98 Å². The zero-order chi connectivity index (χ0) is 14.5. The minimum absolute atomic E-state index is 0.737. The highest BCUT2D eigenvalue weighted by molar-refractivity contribution is 6.34. The molecule has 1 aromatic carbocycles. The van der Waals surface area contributed by atoms with Crippen molar-refractivity contribution < 1.29 is 0 Å². The van der Waals surface area contributed by atoms with Gasteiger partial charge in [0.1, 0.15) is 0 Å². The number of imidazole rings is 1. The number of aryl methyl sites for hydroxylation is 1. The van der Waals surface area contributed by atoms with Crippen LogP contribution in [0.5, 0.6) is 0 Å². The summed E-state index contributed by atoms with van der Waals surface area (Å²) in [5.74, 6) is 0. The molecule has 0 unspecified atom stereocenters. The van der Waals surface area contributed by atoms with Crippen LogP contribution < -0.4 is 10.2 Å². The molecule has 0 saturated heterocycles. The van der Waals surface area contributed by atoms with Crippen molar-refractivity contribution in [3.8, 4) is 0 Å². The molecule has 0 amide bonds. The zero-order valence-electron chi connectivity index (χ0n) is 12.2. The molecule has 1 heterocycles. The monoisotopic (exact) mass is 292 g/mol. The second kappa shape index (κ2) is 6.66. The van der Waals surface area contributed by atoms with Crippen LogP contribution in [0.1, 0.15) is 19.0 Å². The summed E-state index contributed by atoms with van der Waals surface area (Å²) < 4.78 is 2.17. The highest BCUT2D eigenvalue weighted by atomic mass is 35.5. The van der Waals surface area contributed by atoms with E-state index < -0.39 is 0 Å². The SMILES string of the molecule is CCCn1cncc1CNc1cccc(Cl)c1N(C)C. The van der Waals surface area contributed by atoms with Crippen molar-refractivity contribution in [2.45, 2.75) is 26.4 Å². The Labute approximate surface area is 125 Å². The van der Waals surface area contributed by atoms with Gasteiger partial charge in [-0.15, -0.1) is 0 Å². The van der Waals surface area contributed by atoms with Gasteiger partial charge in [0.05, 0.1) is 35.0 Å². The normalized spacial score (nSPS) is 10.6. The van der Waals surface area contributed by atoms with Crippen molar-refractivity contribution in [3.05, 3.63) is 41.4 Å². The van der Waals surface area contributed by atoms with Crippen molar-refractivity contribution in [3.63, 3.8) is 0 Å². The van der Waals surface area contributed by atoms with Crippen LogP contribution in [-0.2, 0) is 13.1 Å². The third-order valence-corrected chi connectivity index (χ3v) is 3.46. The molecule has 1 aromatic heterocycles. The first-order valence-corrected chi connectivity index (χ1v) is 7.20. The van der Waals surface area contributed by atoms with Gasteiger partial charge in [0.25, 0.3) is 0 Å². The van der Waals surface area contributed by atoms with Crippen molar-refractivity contribution in [2.75, 3.05) is 24.3 Å². The first-order chi connectivity index (χ1) is 9.63. The summed E-state index contributed by atoms with van der Waals surface area (Å²) in [6.07, 6.45) is 4.89. The number of halogens is 1. The summed E-state index contributed by atoms with van der Waals surface area (Å²) >= 11 is 6.27. The van der Waals surface area contributed by atoms with E-state index in [0.717, 1.165) is 35.9 Å². The Morgan fingerprint density at radius 1 is 1.35 bits per heavy atom. The highest BCUT2D eigenvalue weighted by Gasteiger charge is 2.09. The van der Waals surface area contributed by atoms with Crippen molar-refractivity contribution >= 4 is 23.0 Å². The Balaban J connectivity index is 2.15. The van der Waals surface area contributed by atoms with Gasteiger partial charge in [-0.1, -0.05) is 24.6 Å². The smallest absolute Gasteiger partial charge is 0.0948 e. The molecule has 1 N–H and O–H groups in total. The van der Waals surface area contributed by atoms with E-state index in [0.29, 0.717) is 0 Å². The average Bonchev–Trinajstić information content (AvgIpc) is 2.84. The number of hydrogen-bond donors (Lipinski definition) is 1. The molecule has 0 atom stereocenters. The average molecular weight is 293 g/mol. The molecule has 0 aliphatic rings. The van der Waals surface area contributed by atoms with E-state index in [1.165, 1.54) is 5.69 Å². The van der Waals surface area contributed by atoms with E-state index >= 15 is 0 Å². The third-order valence-electron chi connectivity index (χ3n) is 3.16. The molecule has 20 heavy (non-hydrogen) atoms. The third kappa shape index (κ3) is 3.25. The minimum Gasteiger partial charge on any atom is -0.378 e. The second-order valence-electron chi connectivity index (χ2n) is 4.96. The lowest BCUT2D eigenvalue weighted by atomic mass is 10.2. The molecule has 0 bridgehead atoms. The van der Waals surface area contributed by atoms with Gasteiger partial charge < -0.3 is 14.8 Å². The fraction of sp³-hybridized carbons (Fsp3) is 0.400. The van der Waals surface area contributed by atoms with Crippen LogP contribution in [0.25, 0.3) is 0 Å². The van der Waals surface area contributed by atoms with Crippen molar-refractivity contribution in [1.82, 2.24) is 9.55 Å². The lowest BCUT2D eigenvalue weighted by Gasteiger charge is -2.20. The van der Waals surface area contributed by atoms with E-state index in [4.69, 9.17) is 11.6 Å². The molecule has 108 valence electrons. The van der Waals surface area contributed by atoms with Crippen LogP contribution in [0.15, 0.2) is 30.7 Å². The van der Waals surface area contributed by atoms with Crippen LogP contribution in [-0.4, -0.2) is 23.6 Å². The molecule has 0 spiro atoms. The molecule has 0 saturated carbocycles. The van der Waals surface area contributed by atoms with Gasteiger partial charge >= 0.3 is 0 Å². The predicted octanol–water partition coefficient (Wildman–Crippen LogP) is 3.62. The van der Waals surface area contributed by atoms with Gasteiger partial charge in [0, 0.05) is 26.8 Å². The molecule has 2 rings (SSSR count). The van der Waals surface area contributed by atoms with Gasteiger partial charge in [-0.05, 0) is 18.6 Å². The standard InChI is InChI=1S/C15H21ClN4/c1-4-8-20-11-17-9-12(20)10-18-14-7-5-6-13(16)15(14)19(2)3/h5-7,9,11,18H,4,8,10H2,1-3H3.